The van der Waals surface area contributed by atoms with Gasteiger partial charge in [-0.2, -0.15) is 0 Å². The Morgan fingerprint density at radius 3 is 1.16 bits per heavy atom. The first kappa shape index (κ1) is 19.5. The number of hydrogen-bond donors (Lipinski definition) is 0. The monoisotopic (exact) mass is 360 g/mol. The molecule has 2 aliphatic rings. The Labute approximate surface area is 160 Å². The summed E-state index contributed by atoms with van der Waals surface area (Å²) in [5.74, 6) is 1.68. The van der Waals surface area contributed by atoms with Crippen LogP contribution in [0.25, 0.3) is 0 Å². The van der Waals surface area contributed by atoms with Crippen LogP contribution in [0.4, 0.5) is 0 Å². The van der Waals surface area contributed by atoms with E-state index in [2.05, 4.69) is 52.9 Å². The van der Waals surface area contributed by atoms with Gasteiger partial charge in [-0.25, -0.2) is 0 Å². The summed E-state index contributed by atoms with van der Waals surface area (Å²) in [4.78, 5) is 3.45. The highest BCUT2D eigenvalue weighted by molar-refractivity contribution is 7.12. The van der Waals surface area contributed by atoms with Crippen LogP contribution in [0.15, 0.2) is 0 Å². The summed E-state index contributed by atoms with van der Waals surface area (Å²) in [6.45, 7) is 14.7. The summed E-state index contributed by atoms with van der Waals surface area (Å²) in [7, 11) is 0. The fraction of sp³-hybridized carbons (Fsp3) is 0.833. The minimum absolute atomic E-state index is 0.282. The van der Waals surface area contributed by atoms with Crippen LogP contribution in [-0.4, -0.2) is 0 Å². The molecule has 1 aromatic heterocycles. The SMILES string of the molecule is CC(C)(C)c1sc(C(C)(C)C)c(C2CCCCC2)c1C1CCCCC1. The molecule has 0 radical (unpaired) electrons. The van der Waals surface area contributed by atoms with Gasteiger partial charge in [0.25, 0.3) is 0 Å². The Hall–Kier alpha value is -0.300. The molecule has 0 spiro atoms. The molecule has 0 aromatic carbocycles. The van der Waals surface area contributed by atoms with E-state index in [0.29, 0.717) is 0 Å². The van der Waals surface area contributed by atoms with Crippen molar-refractivity contribution in [1.29, 1.82) is 0 Å². The normalized spacial score (nSPS) is 21.7. The average molecular weight is 361 g/mol. The summed E-state index contributed by atoms with van der Waals surface area (Å²) in [6, 6.07) is 0. The molecule has 2 aliphatic carbocycles. The molecule has 0 N–H and O–H groups in total. The molecule has 2 fully saturated rings. The highest BCUT2D eigenvalue weighted by atomic mass is 32.1. The standard InChI is InChI=1S/C24H40S/c1-23(2,3)21-19(17-13-9-7-10-14-17)20(18-15-11-8-12-16-18)22(25-21)24(4,5)6/h17-18H,7-16H2,1-6H3. The molecule has 0 atom stereocenters. The zero-order valence-electron chi connectivity index (χ0n) is 17.6. The van der Waals surface area contributed by atoms with Crippen molar-refractivity contribution in [2.75, 3.05) is 0 Å². The van der Waals surface area contributed by atoms with Crippen molar-refractivity contribution in [2.24, 2.45) is 0 Å². The average Bonchev–Trinajstić information content (AvgIpc) is 2.97. The molecule has 0 unspecified atom stereocenters. The Morgan fingerprint density at radius 2 is 0.880 bits per heavy atom. The van der Waals surface area contributed by atoms with Crippen LogP contribution < -0.4 is 0 Å². The van der Waals surface area contributed by atoms with Gasteiger partial charge < -0.3 is 0 Å². The van der Waals surface area contributed by atoms with Crippen LogP contribution in [0.1, 0.15) is 138 Å². The first-order chi connectivity index (χ1) is 11.7. The zero-order valence-corrected chi connectivity index (χ0v) is 18.5. The molecule has 0 bridgehead atoms. The van der Waals surface area contributed by atoms with Gasteiger partial charge in [-0.1, -0.05) is 80.1 Å². The second kappa shape index (κ2) is 7.37. The van der Waals surface area contributed by atoms with Crippen molar-refractivity contribution in [3.05, 3.63) is 20.9 Å². The van der Waals surface area contributed by atoms with E-state index >= 15 is 0 Å². The Morgan fingerprint density at radius 1 is 0.560 bits per heavy atom. The van der Waals surface area contributed by atoms with Crippen LogP contribution >= 0.6 is 11.3 Å². The summed E-state index contributed by atoms with van der Waals surface area (Å²) in [5.41, 5.74) is 4.25. The maximum absolute atomic E-state index is 2.45. The lowest BCUT2D eigenvalue weighted by Gasteiger charge is -2.32. The van der Waals surface area contributed by atoms with Crippen molar-refractivity contribution in [3.63, 3.8) is 0 Å². The third-order valence-corrected chi connectivity index (χ3v) is 8.45. The number of rotatable bonds is 2. The lowest BCUT2D eigenvalue weighted by molar-refractivity contribution is 0.411. The fourth-order valence-electron chi connectivity index (χ4n) is 5.16. The van der Waals surface area contributed by atoms with Gasteiger partial charge in [0.1, 0.15) is 0 Å². The maximum atomic E-state index is 2.45. The Bertz CT molecular complexity index is 516. The van der Waals surface area contributed by atoms with E-state index in [1.807, 2.05) is 11.1 Å². The highest BCUT2D eigenvalue weighted by Gasteiger charge is 2.37. The summed E-state index contributed by atoms with van der Waals surface area (Å²) < 4.78 is 0. The molecule has 0 saturated heterocycles. The van der Waals surface area contributed by atoms with Gasteiger partial charge in [0.15, 0.2) is 0 Å². The van der Waals surface area contributed by atoms with Gasteiger partial charge in [0.05, 0.1) is 0 Å². The van der Waals surface area contributed by atoms with E-state index in [9.17, 15) is 0 Å². The molecule has 0 nitrogen and oxygen atoms in total. The minimum Gasteiger partial charge on any atom is -0.144 e. The first-order valence-corrected chi connectivity index (χ1v) is 11.7. The largest absolute Gasteiger partial charge is 0.144 e. The molecule has 2 saturated carbocycles. The van der Waals surface area contributed by atoms with Gasteiger partial charge in [0, 0.05) is 9.75 Å². The lowest BCUT2D eigenvalue weighted by Crippen LogP contribution is -2.19. The van der Waals surface area contributed by atoms with Gasteiger partial charge >= 0.3 is 0 Å². The number of hydrogen-bond acceptors (Lipinski definition) is 1. The third-order valence-electron chi connectivity index (χ3n) is 6.37. The Balaban J connectivity index is 2.17. The maximum Gasteiger partial charge on any atom is 0.0140 e. The molecule has 0 amide bonds. The van der Waals surface area contributed by atoms with Crippen LogP contribution in [0.3, 0.4) is 0 Å². The molecule has 1 heteroatoms. The quantitative estimate of drug-likeness (QED) is 0.496. The smallest absolute Gasteiger partial charge is 0.0140 e. The second-order valence-electron chi connectivity index (χ2n) is 10.8. The molecular weight excluding hydrogens is 320 g/mol. The van der Waals surface area contributed by atoms with Crippen molar-refractivity contribution >= 4 is 11.3 Å². The highest BCUT2D eigenvalue weighted by Crippen LogP contribution is 2.52. The van der Waals surface area contributed by atoms with Crippen LogP contribution in [-0.2, 0) is 10.8 Å². The molecule has 0 aliphatic heterocycles. The van der Waals surface area contributed by atoms with E-state index in [4.69, 9.17) is 0 Å². The van der Waals surface area contributed by atoms with E-state index in [1.54, 1.807) is 9.75 Å². The van der Waals surface area contributed by atoms with E-state index in [0.717, 1.165) is 11.8 Å². The van der Waals surface area contributed by atoms with Gasteiger partial charge in [-0.15, -0.1) is 11.3 Å². The van der Waals surface area contributed by atoms with Crippen molar-refractivity contribution in [1.82, 2.24) is 0 Å². The van der Waals surface area contributed by atoms with E-state index in [1.165, 1.54) is 64.2 Å². The number of thiophene rings is 1. The first-order valence-electron chi connectivity index (χ1n) is 10.9. The van der Waals surface area contributed by atoms with Gasteiger partial charge in [-0.05, 0) is 59.5 Å². The Kier molecular flexibility index (Phi) is 5.74. The lowest BCUT2D eigenvalue weighted by atomic mass is 9.72. The summed E-state index contributed by atoms with van der Waals surface area (Å²) in [5, 5.41) is 0. The summed E-state index contributed by atoms with van der Waals surface area (Å²) in [6.07, 6.45) is 14.4. The van der Waals surface area contributed by atoms with Crippen LogP contribution in [0.5, 0.6) is 0 Å². The van der Waals surface area contributed by atoms with E-state index < -0.39 is 0 Å². The van der Waals surface area contributed by atoms with Gasteiger partial charge in [-0.3, -0.25) is 0 Å². The van der Waals surface area contributed by atoms with Crippen LogP contribution in [0.2, 0.25) is 0 Å². The topological polar surface area (TPSA) is 0 Å². The molecule has 1 aromatic rings. The van der Waals surface area contributed by atoms with Crippen molar-refractivity contribution < 1.29 is 0 Å². The van der Waals surface area contributed by atoms with Crippen LogP contribution in [0, 0.1) is 0 Å². The zero-order chi connectivity index (χ0) is 18.2. The fourth-order valence-corrected chi connectivity index (χ4v) is 6.75. The molecular formula is C24H40S. The summed E-state index contributed by atoms with van der Waals surface area (Å²) >= 11 is 2.19. The molecule has 142 valence electrons. The molecule has 3 rings (SSSR count). The molecule has 25 heavy (non-hydrogen) atoms. The van der Waals surface area contributed by atoms with Gasteiger partial charge in [0.2, 0.25) is 0 Å². The second-order valence-corrected chi connectivity index (χ2v) is 11.8. The van der Waals surface area contributed by atoms with E-state index in [-0.39, 0.29) is 10.8 Å². The minimum atomic E-state index is 0.282. The predicted molar refractivity (Wildman–Crippen MR) is 113 cm³/mol. The third kappa shape index (κ3) is 4.18. The van der Waals surface area contributed by atoms with Crippen molar-refractivity contribution in [3.8, 4) is 0 Å². The van der Waals surface area contributed by atoms with Crippen molar-refractivity contribution in [2.45, 2.75) is 128 Å². The molecule has 1 heterocycles. The predicted octanol–water partition coefficient (Wildman–Crippen LogP) is 8.44.